The number of rotatable bonds is 3. The van der Waals surface area contributed by atoms with Gasteiger partial charge in [-0.2, -0.15) is 0 Å². The van der Waals surface area contributed by atoms with Crippen LogP contribution in [-0.2, 0) is 0 Å². The van der Waals surface area contributed by atoms with Gasteiger partial charge in [0.2, 0.25) is 0 Å². The topological polar surface area (TPSA) is 44.2 Å². The van der Waals surface area contributed by atoms with Gasteiger partial charge in [0.1, 0.15) is 0 Å². The third-order valence-corrected chi connectivity index (χ3v) is 3.42. The Morgan fingerprint density at radius 1 is 0.760 bits per heavy atom. The van der Waals surface area contributed by atoms with Crippen molar-refractivity contribution >= 4 is 10.9 Å². The summed E-state index contributed by atoms with van der Waals surface area (Å²) < 4.78 is 10.7. The van der Waals surface area contributed by atoms with Crippen LogP contribution >= 0.6 is 0 Å². The Kier molecular flexibility index (Phi) is 8.40. The van der Waals surface area contributed by atoms with Crippen molar-refractivity contribution in [1.29, 1.82) is 0 Å². The molecule has 0 saturated heterocycles. The van der Waals surface area contributed by atoms with Gasteiger partial charge in [-0.1, -0.05) is 58.0 Å². The molecule has 0 fully saturated rings. The number of fused-ring (bicyclic) bond motifs is 1. The van der Waals surface area contributed by atoms with E-state index in [2.05, 4.69) is 9.97 Å². The zero-order chi connectivity index (χ0) is 18.8. The zero-order valence-electron chi connectivity index (χ0n) is 16.3. The molecule has 0 saturated carbocycles. The van der Waals surface area contributed by atoms with Gasteiger partial charge in [-0.3, -0.25) is 0 Å². The lowest BCUT2D eigenvalue weighted by Gasteiger charge is -2.11. The molecule has 4 nitrogen and oxygen atoms in total. The van der Waals surface area contributed by atoms with Gasteiger partial charge in [-0.25, -0.2) is 9.97 Å². The average Bonchev–Trinajstić information content (AvgIpc) is 2.70. The van der Waals surface area contributed by atoms with Gasteiger partial charge in [0, 0.05) is 22.7 Å². The maximum absolute atomic E-state index is 5.34. The van der Waals surface area contributed by atoms with Crippen molar-refractivity contribution in [1.82, 2.24) is 9.97 Å². The van der Waals surface area contributed by atoms with Crippen LogP contribution in [0.15, 0.2) is 42.5 Å². The Hall–Kier alpha value is -2.62. The largest absolute Gasteiger partial charge is 0.493 e. The van der Waals surface area contributed by atoms with Crippen molar-refractivity contribution in [3.05, 3.63) is 48.2 Å². The minimum Gasteiger partial charge on any atom is -0.493 e. The summed E-state index contributed by atoms with van der Waals surface area (Å²) in [6.45, 7) is 9.97. The first-order valence-corrected chi connectivity index (χ1v) is 8.68. The van der Waals surface area contributed by atoms with Crippen molar-refractivity contribution < 1.29 is 9.47 Å². The van der Waals surface area contributed by atoms with Crippen molar-refractivity contribution in [2.75, 3.05) is 14.2 Å². The van der Waals surface area contributed by atoms with Crippen molar-refractivity contribution in [3.8, 4) is 22.9 Å². The molecule has 4 heteroatoms. The second kappa shape index (κ2) is 10.3. The molecule has 0 aliphatic heterocycles. The number of benzene rings is 2. The second-order valence-electron chi connectivity index (χ2n) is 4.72. The molecule has 0 aliphatic carbocycles. The van der Waals surface area contributed by atoms with Gasteiger partial charge in [-0.15, -0.1) is 0 Å². The number of aromatic nitrogens is 2. The van der Waals surface area contributed by atoms with Crippen LogP contribution in [0.4, 0.5) is 0 Å². The molecule has 2 aromatic carbocycles. The van der Waals surface area contributed by atoms with E-state index in [4.69, 9.17) is 9.47 Å². The summed E-state index contributed by atoms with van der Waals surface area (Å²) in [5, 5.41) is 0.965. The summed E-state index contributed by atoms with van der Waals surface area (Å²) in [5.41, 5.74) is 2.76. The van der Waals surface area contributed by atoms with Gasteiger partial charge < -0.3 is 9.47 Å². The molecular formula is C21H28N2O2. The Morgan fingerprint density at radius 3 is 1.88 bits per heavy atom. The number of hydrogen-bond donors (Lipinski definition) is 0. The molecule has 0 unspecified atom stereocenters. The summed E-state index contributed by atoms with van der Waals surface area (Å²) >= 11 is 0. The molecule has 1 aromatic heterocycles. The second-order valence-corrected chi connectivity index (χ2v) is 4.72. The molecule has 0 spiro atoms. The Morgan fingerprint density at radius 2 is 1.32 bits per heavy atom. The van der Waals surface area contributed by atoms with Crippen LogP contribution in [0.2, 0.25) is 0 Å². The third kappa shape index (κ3) is 4.69. The van der Waals surface area contributed by atoms with Crippen LogP contribution in [-0.4, -0.2) is 24.2 Å². The molecule has 25 heavy (non-hydrogen) atoms. The van der Waals surface area contributed by atoms with Gasteiger partial charge in [0.25, 0.3) is 0 Å². The smallest absolute Gasteiger partial charge is 0.162 e. The Balaban J connectivity index is 0.000000730. The van der Waals surface area contributed by atoms with Crippen LogP contribution in [0, 0.1) is 6.92 Å². The van der Waals surface area contributed by atoms with Gasteiger partial charge in [0.05, 0.1) is 19.7 Å². The lowest BCUT2D eigenvalue weighted by atomic mass is 10.1. The van der Waals surface area contributed by atoms with Crippen LogP contribution in [0.5, 0.6) is 11.5 Å². The van der Waals surface area contributed by atoms with Crippen LogP contribution < -0.4 is 9.47 Å². The van der Waals surface area contributed by atoms with E-state index in [1.807, 2.05) is 77.1 Å². The van der Waals surface area contributed by atoms with E-state index in [0.717, 1.165) is 22.2 Å². The number of hydrogen-bond acceptors (Lipinski definition) is 4. The molecule has 0 radical (unpaired) electrons. The quantitative estimate of drug-likeness (QED) is 0.616. The molecule has 0 amide bonds. The van der Waals surface area contributed by atoms with E-state index < -0.39 is 0 Å². The molecule has 1 heterocycles. The van der Waals surface area contributed by atoms with E-state index in [0.29, 0.717) is 17.3 Å². The normalized spacial score (nSPS) is 9.40. The van der Waals surface area contributed by atoms with Crippen molar-refractivity contribution in [2.45, 2.75) is 34.6 Å². The zero-order valence-corrected chi connectivity index (χ0v) is 16.3. The highest BCUT2D eigenvalue weighted by Gasteiger charge is 2.11. The minimum atomic E-state index is 0.669. The molecular weight excluding hydrogens is 312 g/mol. The molecule has 0 bridgehead atoms. The van der Waals surface area contributed by atoms with E-state index >= 15 is 0 Å². The highest BCUT2D eigenvalue weighted by atomic mass is 16.5. The van der Waals surface area contributed by atoms with E-state index in [9.17, 15) is 0 Å². The third-order valence-electron chi connectivity index (χ3n) is 3.42. The van der Waals surface area contributed by atoms with Gasteiger partial charge in [-0.05, 0) is 13.0 Å². The van der Waals surface area contributed by atoms with Crippen molar-refractivity contribution in [2.24, 2.45) is 0 Å². The lowest BCUT2D eigenvalue weighted by molar-refractivity contribution is 0.355. The predicted octanol–water partition coefficient (Wildman–Crippen LogP) is 5.67. The summed E-state index contributed by atoms with van der Waals surface area (Å²) in [6.07, 6.45) is 0. The monoisotopic (exact) mass is 340 g/mol. The summed E-state index contributed by atoms with van der Waals surface area (Å²) in [7, 11) is 3.24. The molecule has 0 N–H and O–H groups in total. The van der Waals surface area contributed by atoms with Crippen LogP contribution in [0.1, 0.15) is 33.4 Å². The summed E-state index contributed by atoms with van der Waals surface area (Å²) in [6, 6.07) is 13.7. The average molecular weight is 340 g/mol. The first-order chi connectivity index (χ1) is 12.2. The number of nitrogens with zero attached hydrogens (tertiary/aromatic N) is 2. The summed E-state index contributed by atoms with van der Waals surface area (Å²) in [5.74, 6) is 2.07. The van der Waals surface area contributed by atoms with Crippen LogP contribution in [0.3, 0.4) is 0 Å². The fourth-order valence-electron chi connectivity index (χ4n) is 2.33. The Bertz CT molecular complexity index is 787. The highest BCUT2D eigenvalue weighted by molar-refractivity contribution is 5.86. The van der Waals surface area contributed by atoms with Gasteiger partial charge in [0.15, 0.2) is 17.3 Å². The fourth-order valence-corrected chi connectivity index (χ4v) is 2.33. The molecule has 134 valence electrons. The van der Waals surface area contributed by atoms with E-state index in [-0.39, 0.29) is 0 Å². The predicted molar refractivity (Wildman–Crippen MR) is 106 cm³/mol. The first kappa shape index (κ1) is 20.4. The number of aryl methyl sites for hydroxylation is 1. The number of ether oxygens (including phenoxy) is 2. The highest BCUT2D eigenvalue weighted by Crippen LogP contribution is 2.33. The Labute approximate surface area is 150 Å². The molecule has 3 rings (SSSR count). The maximum Gasteiger partial charge on any atom is 0.162 e. The minimum absolute atomic E-state index is 0.669. The fraction of sp³-hybridized carbons (Fsp3) is 0.333. The van der Waals surface area contributed by atoms with Crippen LogP contribution in [0.25, 0.3) is 22.3 Å². The SMILES string of the molecule is CC.CC.COc1cc2nc(-c3ccccc3)nc(C)c2cc1OC. The first-order valence-electron chi connectivity index (χ1n) is 8.68. The standard InChI is InChI=1S/C17H16N2O2.2C2H6/c1-11-13-9-15(20-2)16(21-3)10-14(13)19-17(18-11)12-7-5-4-6-8-12;2*1-2/h4-10H,1-3H3;2*1-2H3. The molecule has 0 aliphatic rings. The lowest BCUT2D eigenvalue weighted by Crippen LogP contribution is -1.97. The molecule has 3 aromatic rings. The van der Waals surface area contributed by atoms with E-state index in [1.165, 1.54) is 0 Å². The van der Waals surface area contributed by atoms with Crippen molar-refractivity contribution in [3.63, 3.8) is 0 Å². The van der Waals surface area contributed by atoms with Gasteiger partial charge >= 0.3 is 0 Å². The number of methoxy groups -OCH3 is 2. The molecule has 0 atom stereocenters. The summed E-state index contributed by atoms with van der Waals surface area (Å²) in [4.78, 5) is 9.24. The van der Waals surface area contributed by atoms with E-state index in [1.54, 1.807) is 14.2 Å². The maximum atomic E-state index is 5.34.